The number of rotatable bonds is 1. The van der Waals surface area contributed by atoms with E-state index in [9.17, 15) is 9.59 Å². The van der Waals surface area contributed by atoms with Crippen molar-refractivity contribution in [2.45, 2.75) is 59.7 Å². The van der Waals surface area contributed by atoms with Crippen molar-refractivity contribution in [3.8, 4) is 0 Å². The smallest absolute Gasteiger partial charge is 0.437 e. The van der Waals surface area contributed by atoms with Crippen LogP contribution in [0.25, 0.3) is 0 Å². The Balaban J connectivity index is 3.17. The summed E-state index contributed by atoms with van der Waals surface area (Å²) in [6.45, 7) is 12.5. The predicted molar refractivity (Wildman–Crippen MR) is 89.9 cm³/mol. The maximum absolute atomic E-state index is 12.4. The van der Waals surface area contributed by atoms with Gasteiger partial charge in [0.1, 0.15) is 11.2 Å². The topological polar surface area (TPSA) is 86.0 Å². The number of hydrogen-bond acceptors (Lipinski definition) is 5. The van der Waals surface area contributed by atoms with Crippen molar-refractivity contribution >= 4 is 18.1 Å². The van der Waals surface area contributed by atoms with E-state index in [0.29, 0.717) is 0 Å². The predicted octanol–water partition coefficient (Wildman–Crippen LogP) is 3.28. The van der Waals surface area contributed by atoms with Gasteiger partial charge in [0.05, 0.1) is 0 Å². The minimum absolute atomic E-state index is 0.0194. The lowest BCUT2D eigenvalue weighted by Crippen LogP contribution is -2.44. The molecule has 0 unspecified atom stereocenters. The summed E-state index contributed by atoms with van der Waals surface area (Å²) >= 11 is 0. The van der Waals surface area contributed by atoms with Gasteiger partial charge in [0.2, 0.25) is 5.96 Å². The van der Waals surface area contributed by atoms with E-state index >= 15 is 0 Å². The van der Waals surface area contributed by atoms with Crippen LogP contribution in [-0.4, -0.2) is 50.6 Å². The number of amides is 2. The fraction of sp³-hybridized carbons (Fsp3) is 0.625. The fourth-order valence-corrected chi connectivity index (χ4v) is 1.66. The largest absolute Gasteiger partial charge is 0.443 e. The Morgan fingerprint density at radius 1 is 1.12 bits per heavy atom. The zero-order valence-corrected chi connectivity index (χ0v) is 15.4. The molecule has 2 amide bonds. The molecule has 1 rings (SSSR count). The van der Waals surface area contributed by atoms with Gasteiger partial charge in [0.15, 0.2) is 0 Å². The monoisotopic (exact) mass is 338 g/mol. The molecular weight excluding hydrogens is 312 g/mol. The van der Waals surface area contributed by atoms with E-state index in [1.807, 2.05) is 0 Å². The summed E-state index contributed by atoms with van der Waals surface area (Å²) in [5, 5.41) is 4.04. The summed E-state index contributed by atoms with van der Waals surface area (Å²) in [5.41, 5.74) is -1.37. The molecule has 24 heavy (non-hydrogen) atoms. The van der Waals surface area contributed by atoms with E-state index < -0.39 is 23.4 Å². The number of hydrogen-bond donors (Lipinski definition) is 0. The highest BCUT2D eigenvalue weighted by atomic mass is 16.6. The van der Waals surface area contributed by atoms with Crippen molar-refractivity contribution in [3.63, 3.8) is 0 Å². The lowest BCUT2D eigenvalue weighted by molar-refractivity contribution is 0.0369. The Hall–Kier alpha value is -2.38. The van der Waals surface area contributed by atoms with Gasteiger partial charge in [-0.05, 0) is 54.5 Å². The standard InChI is InChI=1S/C16H26N4O4/c1-8-19(14(22)24-16(5,6)7)12(20-11-9-10-17-20)18-13(21)23-15(2,3)4/h9-11H,8H2,1-7H3/b18-12-. The minimum atomic E-state index is -0.810. The van der Waals surface area contributed by atoms with Gasteiger partial charge in [-0.15, -0.1) is 4.99 Å². The van der Waals surface area contributed by atoms with Crippen LogP contribution >= 0.6 is 0 Å². The van der Waals surface area contributed by atoms with Crippen molar-refractivity contribution in [1.29, 1.82) is 0 Å². The maximum Gasteiger partial charge on any atom is 0.437 e. The maximum atomic E-state index is 12.4. The van der Waals surface area contributed by atoms with Gasteiger partial charge in [0, 0.05) is 18.9 Å². The SMILES string of the molecule is CCN(C(=O)OC(C)(C)C)/C(=N/C(=O)OC(C)(C)C)n1cccn1. The van der Waals surface area contributed by atoms with Crippen molar-refractivity contribution in [2.75, 3.05) is 6.54 Å². The van der Waals surface area contributed by atoms with E-state index in [2.05, 4.69) is 10.1 Å². The molecule has 1 aromatic rings. The quantitative estimate of drug-likeness (QED) is 0.579. The normalized spacial score (nSPS) is 12.7. The zero-order chi connectivity index (χ0) is 18.5. The summed E-state index contributed by atoms with van der Waals surface area (Å²) in [4.78, 5) is 29.6. The van der Waals surface area contributed by atoms with E-state index in [1.54, 1.807) is 60.7 Å². The highest BCUT2D eigenvalue weighted by Crippen LogP contribution is 2.12. The molecule has 0 bridgehead atoms. The highest BCUT2D eigenvalue weighted by Gasteiger charge is 2.27. The molecule has 0 spiro atoms. The molecule has 8 nitrogen and oxygen atoms in total. The molecule has 0 saturated heterocycles. The summed E-state index contributed by atoms with van der Waals surface area (Å²) in [6.07, 6.45) is 1.67. The van der Waals surface area contributed by atoms with Gasteiger partial charge in [-0.2, -0.15) is 5.10 Å². The third-order valence-electron chi connectivity index (χ3n) is 2.47. The first-order chi connectivity index (χ1) is 10.9. The molecule has 0 aliphatic heterocycles. The van der Waals surface area contributed by atoms with Crippen LogP contribution in [0.3, 0.4) is 0 Å². The Morgan fingerprint density at radius 2 is 1.71 bits per heavy atom. The molecule has 1 aromatic heterocycles. The van der Waals surface area contributed by atoms with Crippen LogP contribution < -0.4 is 0 Å². The number of aliphatic imine (C=N–C) groups is 1. The summed E-state index contributed by atoms with van der Waals surface area (Å²) in [6, 6.07) is 1.66. The Bertz CT molecular complexity index is 595. The molecule has 1 heterocycles. The van der Waals surface area contributed by atoms with Crippen LogP contribution in [0.15, 0.2) is 23.5 Å². The first-order valence-electron chi connectivity index (χ1n) is 7.75. The molecule has 134 valence electrons. The van der Waals surface area contributed by atoms with E-state index in [-0.39, 0.29) is 12.5 Å². The van der Waals surface area contributed by atoms with Crippen molar-refractivity contribution < 1.29 is 19.1 Å². The lowest BCUT2D eigenvalue weighted by atomic mass is 10.2. The second-order valence-electron chi connectivity index (χ2n) is 7.07. The number of aromatic nitrogens is 2. The second-order valence-corrected chi connectivity index (χ2v) is 7.07. The van der Waals surface area contributed by atoms with Gasteiger partial charge in [-0.3, -0.25) is 0 Å². The van der Waals surface area contributed by atoms with Gasteiger partial charge in [0.25, 0.3) is 0 Å². The third-order valence-corrected chi connectivity index (χ3v) is 2.47. The van der Waals surface area contributed by atoms with Gasteiger partial charge < -0.3 is 9.47 Å². The molecule has 8 heteroatoms. The molecule has 0 aliphatic carbocycles. The number of nitrogens with zero attached hydrogens (tertiary/aromatic N) is 4. The summed E-state index contributed by atoms with van der Waals surface area (Å²) < 4.78 is 11.9. The average Bonchev–Trinajstić information content (AvgIpc) is 2.87. The third kappa shape index (κ3) is 6.39. The van der Waals surface area contributed by atoms with Crippen molar-refractivity contribution in [1.82, 2.24) is 14.7 Å². The van der Waals surface area contributed by atoms with Crippen LogP contribution in [0, 0.1) is 0 Å². The van der Waals surface area contributed by atoms with Crippen molar-refractivity contribution in [3.05, 3.63) is 18.5 Å². The van der Waals surface area contributed by atoms with E-state index in [1.165, 1.54) is 15.8 Å². The molecule has 0 aliphatic rings. The highest BCUT2D eigenvalue weighted by molar-refractivity contribution is 5.99. The van der Waals surface area contributed by atoms with Gasteiger partial charge in [-0.1, -0.05) is 0 Å². The first kappa shape index (κ1) is 19.7. The van der Waals surface area contributed by atoms with Crippen LogP contribution in [0.4, 0.5) is 9.59 Å². The van der Waals surface area contributed by atoms with Crippen LogP contribution in [0.5, 0.6) is 0 Å². The first-order valence-corrected chi connectivity index (χ1v) is 7.75. The fourth-order valence-electron chi connectivity index (χ4n) is 1.66. The molecule has 0 fully saturated rings. The summed E-state index contributed by atoms with van der Waals surface area (Å²) in [7, 11) is 0. The molecule has 0 aromatic carbocycles. The Morgan fingerprint density at radius 3 is 2.12 bits per heavy atom. The Kier molecular flexibility index (Phi) is 6.11. The second kappa shape index (κ2) is 7.46. The van der Waals surface area contributed by atoms with Gasteiger partial charge in [-0.25, -0.2) is 19.2 Å². The molecule has 0 saturated carbocycles. The van der Waals surface area contributed by atoms with E-state index in [0.717, 1.165) is 0 Å². The molecular formula is C16H26N4O4. The van der Waals surface area contributed by atoms with Crippen molar-refractivity contribution in [2.24, 2.45) is 4.99 Å². The average molecular weight is 338 g/mol. The lowest BCUT2D eigenvalue weighted by Gasteiger charge is -2.27. The summed E-state index contributed by atoms with van der Waals surface area (Å²) in [5.74, 6) is 0.0194. The zero-order valence-electron chi connectivity index (χ0n) is 15.4. The van der Waals surface area contributed by atoms with Crippen LogP contribution in [0.2, 0.25) is 0 Å². The number of ether oxygens (including phenoxy) is 2. The minimum Gasteiger partial charge on any atom is -0.443 e. The molecule has 0 radical (unpaired) electrons. The van der Waals surface area contributed by atoms with E-state index in [4.69, 9.17) is 9.47 Å². The number of carbonyl (C=O) groups excluding carboxylic acids is 2. The Labute approximate surface area is 142 Å². The van der Waals surface area contributed by atoms with Crippen LogP contribution in [0.1, 0.15) is 48.5 Å². The molecule has 0 N–H and O–H groups in total. The van der Waals surface area contributed by atoms with Gasteiger partial charge >= 0.3 is 12.2 Å². The number of carbonyl (C=O) groups is 2. The van der Waals surface area contributed by atoms with Crippen LogP contribution in [-0.2, 0) is 9.47 Å². The molecule has 0 atom stereocenters.